The number of ether oxygens (including phenoxy) is 1. The van der Waals surface area contributed by atoms with Gasteiger partial charge in [0, 0.05) is 19.0 Å². The molecule has 1 aromatic carbocycles. The molecule has 25 heavy (non-hydrogen) atoms. The molecule has 0 unspecified atom stereocenters. The van der Waals surface area contributed by atoms with E-state index in [1.54, 1.807) is 21.7 Å². The van der Waals surface area contributed by atoms with Gasteiger partial charge in [-0.1, -0.05) is 5.21 Å². The molecule has 134 valence electrons. The lowest BCUT2D eigenvalue weighted by molar-refractivity contribution is 0.0204. The SMILES string of the molecule is CC(C)(C)OC(=O)N1CCC(c2cn(-c3ccc(F)cc3)nn2)CC1. The summed E-state index contributed by atoms with van der Waals surface area (Å²) >= 11 is 0. The van der Waals surface area contributed by atoms with E-state index in [1.807, 2.05) is 27.0 Å². The van der Waals surface area contributed by atoms with Crippen LogP contribution >= 0.6 is 0 Å². The van der Waals surface area contributed by atoms with E-state index in [1.165, 1.54) is 12.1 Å². The quantitative estimate of drug-likeness (QED) is 0.835. The fraction of sp³-hybridized carbons (Fsp3) is 0.500. The Morgan fingerprint density at radius 1 is 1.20 bits per heavy atom. The summed E-state index contributed by atoms with van der Waals surface area (Å²) in [5.41, 5.74) is 1.19. The molecule has 7 heteroatoms. The van der Waals surface area contributed by atoms with E-state index in [0.717, 1.165) is 24.2 Å². The molecule has 0 saturated carbocycles. The van der Waals surface area contributed by atoms with Crippen molar-refractivity contribution >= 4 is 6.09 Å². The Hall–Kier alpha value is -2.44. The second-order valence-corrected chi connectivity index (χ2v) is 7.31. The van der Waals surface area contributed by atoms with Gasteiger partial charge in [0.1, 0.15) is 11.4 Å². The van der Waals surface area contributed by atoms with Crippen molar-refractivity contribution in [2.45, 2.75) is 45.1 Å². The van der Waals surface area contributed by atoms with Gasteiger partial charge < -0.3 is 9.64 Å². The Morgan fingerprint density at radius 3 is 2.44 bits per heavy atom. The predicted octanol–water partition coefficient (Wildman–Crippen LogP) is 3.52. The molecule has 1 fully saturated rings. The molecule has 2 heterocycles. The van der Waals surface area contributed by atoms with Crippen LogP contribution in [0.3, 0.4) is 0 Å². The number of hydrogen-bond donors (Lipinski definition) is 0. The monoisotopic (exact) mass is 346 g/mol. The number of halogens is 1. The molecule has 1 aliphatic rings. The molecule has 0 radical (unpaired) electrons. The average Bonchev–Trinajstić information content (AvgIpc) is 3.04. The molecule has 3 rings (SSSR count). The van der Waals surface area contributed by atoms with E-state index < -0.39 is 5.60 Å². The number of nitrogens with zero attached hydrogens (tertiary/aromatic N) is 4. The molecule has 6 nitrogen and oxygen atoms in total. The molecule has 1 saturated heterocycles. The third kappa shape index (κ3) is 4.35. The van der Waals surface area contributed by atoms with Gasteiger partial charge in [0.25, 0.3) is 0 Å². The average molecular weight is 346 g/mol. The highest BCUT2D eigenvalue weighted by Crippen LogP contribution is 2.27. The zero-order valence-electron chi connectivity index (χ0n) is 14.8. The summed E-state index contributed by atoms with van der Waals surface area (Å²) < 4.78 is 20.1. The van der Waals surface area contributed by atoms with Crippen molar-refractivity contribution in [2.75, 3.05) is 13.1 Å². The second-order valence-electron chi connectivity index (χ2n) is 7.31. The van der Waals surface area contributed by atoms with E-state index in [2.05, 4.69) is 10.3 Å². The summed E-state index contributed by atoms with van der Waals surface area (Å²) in [6.45, 7) is 6.88. The number of benzene rings is 1. The maximum atomic E-state index is 13.0. The van der Waals surface area contributed by atoms with E-state index in [9.17, 15) is 9.18 Å². The lowest BCUT2D eigenvalue weighted by Crippen LogP contribution is -2.41. The largest absolute Gasteiger partial charge is 0.444 e. The maximum Gasteiger partial charge on any atom is 0.410 e. The summed E-state index contributed by atoms with van der Waals surface area (Å²) in [6.07, 6.45) is 3.25. The van der Waals surface area contributed by atoms with Crippen LogP contribution in [0.1, 0.15) is 45.2 Å². The fourth-order valence-electron chi connectivity index (χ4n) is 2.87. The fourth-order valence-corrected chi connectivity index (χ4v) is 2.87. The van der Waals surface area contributed by atoms with Gasteiger partial charge in [0.15, 0.2) is 0 Å². The van der Waals surface area contributed by atoms with Crippen molar-refractivity contribution in [3.8, 4) is 5.69 Å². The van der Waals surface area contributed by atoms with Gasteiger partial charge >= 0.3 is 6.09 Å². The summed E-state index contributed by atoms with van der Waals surface area (Å²) in [5, 5.41) is 8.39. The van der Waals surface area contributed by atoms with Crippen LogP contribution in [0, 0.1) is 5.82 Å². The normalized spacial score (nSPS) is 16.1. The number of amides is 1. The number of carbonyl (C=O) groups excluding carboxylic acids is 1. The van der Waals surface area contributed by atoms with Gasteiger partial charge in [-0.05, 0) is 57.9 Å². The van der Waals surface area contributed by atoms with Crippen LogP contribution in [0.5, 0.6) is 0 Å². The first-order valence-corrected chi connectivity index (χ1v) is 8.48. The Bertz CT molecular complexity index is 728. The minimum absolute atomic E-state index is 0.257. The highest BCUT2D eigenvalue weighted by atomic mass is 19.1. The number of piperidine rings is 1. The number of rotatable bonds is 2. The summed E-state index contributed by atoms with van der Waals surface area (Å²) in [5.74, 6) is -0.0218. The molecule has 0 N–H and O–H groups in total. The molecule has 2 aromatic rings. The minimum atomic E-state index is -0.480. The van der Waals surface area contributed by atoms with Gasteiger partial charge in [0.2, 0.25) is 0 Å². The molecule has 0 spiro atoms. The standard InChI is InChI=1S/C18H23FN4O2/c1-18(2,3)25-17(24)22-10-8-13(9-11-22)16-12-23(21-20-16)15-6-4-14(19)5-7-15/h4-7,12-13H,8-11H2,1-3H3. The van der Waals surface area contributed by atoms with Crippen LogP contribution in [-0.2, 0) is 4.74 Å². The molecular weight excluding hydrogens is 323 g/mol. The van der Waals surface area contributed by atoms with Crippen molar-refractivity contribution in [3.63, 3.8) is 0 Å². The zero-order valence-corrected chi connectivity index (χ0v) is 14.8. The molecule has 1 amide bonds. The zero-order chi connectivity index (χ0) is 18.0. The third-order valence-electron chi connectivity index (χ3n) is 4.17. The molecule has 0 atom stereocenters. The van der Waals surface area contributed by atoms with Gasteiger partial charge in [0.05, 0.1) is 17.6 Å². The smallest absolute Gasteiger partial charge is 0.410 e. The number of aromatic nitrogens is 3. The van der Waals surface area contributed by atoms with Crippen LogP contribution < -0.4 is 0 Å². The molecular formula is C18H23FN4O2. The van der Waals surface area contributed by atoms with Gasteiger partial charge in [-0.3, -0.25) is 0 Å². The Balaban J connectivity index is 1.60. The first-order chi connectivity index (χ1) is 11.8. The Kier molecular flexibility index (Phi) is 4.74. The van der Waals surface area contributed by atoms with E-state index in [0.29, 0.717) is 13.1 Å². The number of carbonyl (C=O) groups is 1. The Labute approximate surface area is 146 Å². The lowest BCUT2D eigenvalue weighted by Gasteiger charge is -2.32. The van der Waals surface area contributed by atoms with Crippen molar-refractivity contribution in [1.82, 2.24) is 19.9 Å². The predicted molar refractivity (Wildman–Crippen MR) is 91.1 cm³/mol. The van der Waals surface area contributed by atoms with E-state index >= 15 is 0 Å². The van der Waals surface area contributed by atoms with Gasteiger partial charge in [-0.25, -0.2) is 13.9 Å². The maximum absolute atomic E-state index is 13.0. The number of likely N-dealkylation sites (tertiary alicyclic amines) is 1. The highest BCUT2D eigenvalue weighted by molar-refractivity contribution is 5.68. The topological polar surface area (TPSA) is 60.2 Å². The first-order valence-electron chi connectivity index (χ1n) is 8.48. The summed E-state index contributed by atoms with van der Waals surface area (Å²) in [7, 11) is 0. The number of hydrogen-bond acceptors (Lipinski definition) is 4. The van der Waals surface area contributed by atoms with Crippen molar-refractivity contribution < 1.29 is 13.9 Å². The van der Waals surface area contributed by atoms with E-state index in [-0.39, 0.29) is 17.8 Å². The van der Waals surface area contributed by atoms with Crippen LogP contribution in [0.15, 0.2) is 30.5 Å². The minimum Gasteiger partial charge on any atom is -0.444 e. The lowest BCUT2D eigenvalue weighted by atomic mass is 9.94. The molecule has 0 aliphatic carbocycles. The first kappa shape index (κ1) is 17.4. The van der Waals surface area contributed by atoms with Crippen molar-refractivity contribution in [2.24, 2.45) is 0 Å². The van der Waals surface area contributed by atoms with Crippen LogP contribution in [0.2, 0.25) is 0 Å². The van der Waals surface area contributed by atoms with Crippen LogP contribution in [-0.4, -0.2) is 44.7 Å². The summed E-state index contributed by atoms with van der Waals surface area (Å²) in [6, 6.07) is 6.13. The van der Waals surface area contributed by atoms with Crippen molar-refractivity contribution in [1.29, 1.82) is 0 Å². The molecule has 0 bridgehead atoms. The second kappa shape index (κ2) is 6.82. The van der Waals surface area contributed by atoms with Crippen LogP contribution in [0.25, 0.3) is 5.69 Å². The molecule has 1 aromatic heterocycles. The molecule has 1 aliphatic heterocycles. The van der Waals surface area contributed by atoms with Crippen molar-refractivity contribution in [3.05, 3.63) is 42.0 Å². The highest BCUT2D eigenvalue weighted by Gasteiger charge is 2.28. The van der Waals surface area contributed by atoms with Crippen LogP contribution in [0.4, 0.5) is 9.18 Å². The van der Waals surface area contributed by atoms with Gasteiger partial charge in [-0.2, -0.15) is 0 Å². The Morgan fingerprint density at radius 2 is 1.84 bits per heavy atom. The third-order valence-corrected chi connectivity index (χ3v) is 4.17. The van der Waals surface area contributed by atoms with Gasteiger partial charge in [-0.15, -0.1) is 5.10 Å². The van der Waals surface area contributed by atoms with E-state index in [4.69, 9.17) is 4.74 Å². The summed E-state index contributed by atoms with van der Waals surface area (Å²) in [4.78, 5) is 13.9.